The molecule has 4 heterocycles. The summed E-state index contributed by atoms with van der Waals surface area (Å²) in [6.45, 7) is 2.72. The molecule has 1 aromatic carbocycles. The molecule has 0 spiro atoms. The van der Waals surface area contributed by atoms with Gasteiger partial charge in [0.05, 0.1) is 18.1 Å². The second kappa shape index (κ2) is 9.75. The minimum absolute atomic E-state index is 0.0220. The van der Waals surface area contributed by atoms with E-state index in [0.29, 0.717) is 42.0 Å². The lowest BCUT2D eigenvalue weighted by atomic mass is 10.0. The Labute approximate surface area is 207 Å². The maximum Gasteiger partial charge on any atom is 0.319 e. The molecule has 3 aromatic rings. The first-order chi connectivity index (χ1) is 16.9. The van der Waals surface area contributed by atoms with Crippen LogP contribution in [0.25, 0.3) is 0 Å². The van der Waals surface area contributed by atoms with E-state index in [1.807, 2.05) is 30.5 Å². The summed E-state index contributed by atoms with van der Waals surface area (Å²) in [6, 6.07) is 7.33. The molecule has 1 fully saturated rings. The topological polar surface area (TPSA) is 124 Å². The van der Waals surface area contributed by atoms with Crippen LogP contribution in [-0.4, -0.2) is 50.9 Å². The van der Waals surface area contributed by atoms with Gasteiger partial charge in [0.25, 0.3) is 0 Å². The molecule has 10 nitrogen and oxygen atoms in total. The Morgan fingerprint density at radius 1 is 1.11 bits per heavy atom. The summed E-state index contributed by atoms with van der Waals surface area (Å²) < 4.78 is 0. The number of fused-ring (bicyclic) bond motifs is 6. The fraction of sp³-hybridized carbons (Fsp3) is 0.292. The molecule has 0 saturated carbocycles. The number of nitrogens with one attached hydrogen (secondary N) is 4. The van der Waals surface area contributed by atoms with E-state index in [1.165, 1.54) is 6.20 Å². The monoisotopic (exact) mass is 492 g/mol. The number of hydrogen-bond donors (Lipinski definition) is 4. The van der Waals surface area contributed by atoms with Crippen LogP contribution in [0.15, 0.2) is 42.9 Å². The maximum atomic E-state index is 12.7. The quantitative estimate of drug-likeness (QED) is 0.428. The van der Waals surface area contributed by atoms with Gasteiger partial charge in [-0.3, -0.25) is 9.78 Å². The number of likely N-dealkylation sites (tertiary alicyclic amines) is 1. The van der Waals surface area contributed by atoms with Crippen molar-refractivity contribution in [3.8, 4) is 0 Å². The Hall–Kier alpha value is -3.92. The number of rotatable bonds is 2. The van der Waals surface area contributed by atoms with Crippen molar-refractivity contribution in [3.05, 3.63) is 59.0 Å². The number of carbonyl (C=O) groups excluding carboxylic acids is 2. The first kappa shape index (κ1) is 22.9. The van der Waals surface area contributed by atoms with Gasteiger partial charge in [0.15, 0.2) is 5.82 Å². The first-order valence-corrected chi connectivity index (χ1v) is 11.8. The van der Waals surface area contributed by atoms with Gasteiger partial charge in [-0.25, -0.2) is 9.78 Å². The summed E-state index contributed by atoms with van der Waals surface area (Å²) in [5.74, 6) is 0.891. The summed E-state index contributed by atoms with van der Waals surface area (Å²) in [6.07, 6.45) is 7.20. The maximum absolute atomic E-state index is 12.7. The van der Waals surface area contributed by atoms with E-state index < -0.39 is 0 Å². The normalized spacial score (nSPS) is 16.6. The number of hydrogen-bond acceptors (Lipinski definition) is 7. The van der Waals surface area contributed by atoms with Crippen LogP contribution in [0, 0.1) is 0 Å². The highest BCUT2D eigenvalue weighted by atomic mass is 35.5. The van der Waals surface area contributed by atoms with Crippen molar-refractivity contribution in [3.63, 3.8) is 0 Å². The molecule has 0 radical (unpaired) electrons. The predicted octanol–water partition coefficient (Wildman–Crippen LogP) is 3.85. The van der Waals surface area contributed by atoms with Gasteiger partial charge in [0.1, 0.15) is 5.02 Å². The number of benzene rings is 1. The van der Waals surface area contributed by atoms with Crippen LogP contribution in [0.2, 0.25) is 5.02 Å². The fourth-order valence-electron chi connectivity index (χ4n) is 4.26. The average molecular weight is 493 g/mol. The zero-order valence-electron chi connectivity index (χ0n) is 19.1. The van der Waals surface area contributed by atoms with E-state index in [-0.39, 0.29) is 18.0 Å². The van der Waals surface area contributed by atoms with Crippen molar-refractivity contribution in [1.82, 2.24) is 25.2 Å². The van der Waals surface area contributed by atoms with E-state index in [4.69, 9.17) is 11.6 Å². The number of pyridine rings is 1. The van der Waals surface area contributed by atoms with Crippen LogP contribution in [0.4, 0.5) is 33.6 Å². The van der Waals surface area contributed by atoms with Gasteiger partial charge >= 0.3 is 6.03 Å². The highest BCUT2D eigenvalue weighted by Crippen LogP contribution is 2.29. The number of anilines is 5. The zero-order valence-corrected chi connectivity index (χ0v) is 19.9. The number of halogens is 1. The van der Waals surface area contributed by atoms with Gasteiger partial charge in [0, 0.05) is 43.6 Å². The Morgan fingerprint density at radius 3 is 2.83 bits per heavy atom. The molecule has 6 bridgehead atoms. The number of amides is 3. The van der Waals surface area contributed by atoms with Crippen molar-refractivity contribution < 1.29 is 9.59 Å². The Kier molecular flexibility index (Phi) is 6.37. The van der Waals surface area contributed by atoms with Gasteiger partial charge in [-0.05, 0) is 54.7 Å². The molecule has 2 aliphatic rings. The van der Waals surface area contributed by atoms with Gasteiger partial charge in [-0.15, -0.1) is 0 Å². The third-order valence-electron chi connectivity index (χ3n) is 6.06. The van der Waals surface area contributed by atoms with Gasteiger partial charge in [-0.1, -0.05) is 11.6 Å². The molecule has 11 heteroatoms. The van der Waals surface area contributed by atoms with Crippen molar-refractivity contribution >= 4 is 52.4 Å². The van der Waals surface area contributed by atoms with Crippen molar-refractivity contribution in [2.45, 2.75) is 32.2 Å². The molecular formula is C24H25ClN8O2. The summed E-state index contributed by atoms with van der Waals surface area (Å²) in [4.78, 5) is 39.1. The van der Waals surface area contributed by atoms with Crippen LogP contribution >= 0.6 is 11.6 Å². The van der Waals surface area contributed by atoms with E-state index in [1.54, 1.807) is 18.0 Å². The van der Waals surface area contributed by atoms with Crippen molar-refractivity contribution in [1.29, 1.82) is 0 Å². The first-order valence-electron chi connectivity index (χ1n) is 11.4. The van der Waals surface area contributed by atoms with E-state index in [2.05, 4.69) is 36.2 Å². The van der Waals surface area contributed by atoms with Crippen LogP contribution in [0.5, 0.6) is 0 Å². The van der Waals surface area contributed by atoms with Gasteiger partial charge in [-0.2, -0.15) is 4.98 Å². The van der Waals surface area contributed by atoms with E-state index in [0.717, 1.165) is 35.3 Å². The number of aryl methyl sites for hydroxylation is 2. The van der Waals surface area contributed by atoms with Gasteiger partial charge in [0.2, 0.25) is 11.9 Å². The highest BCUT2D eigenvalue weighted by Gasteiger charge is 2.25. The molecule has 1 saturated heterocycles. The summed E-state index contributed by atoms with van der Waals surface area (Å²) in [5.41, 5.74) is 4.25. The lowest BCUT2D eigenvalue weighted by Crippen LogP contribution is -2.40. The third kappa shape index (κ3) is 5.43. The highest BCUT2D eigenvalue weighted by molar-refractivity contribution is 6.32. The molecule has 0 unspecified atom stereocenters. The van der Waals surface area contributed by atoms with Crippen LogP contribution in [0.1, 0.15) is 24.5 Å². The van der Waals surface area contributed by atoms with E-state index in [9.17, 15) is 9.59 Å². The summed E-state index contributed by atoms with van der Waals surface area (Å²) in [7, 11) is 0. The predicted molar refractivity (Wildman–Crippen MR) is 135 cm³/mol. The van der Waals surface area contributed by atoms with Crippen molar-refractivity contribution in [2.75, 3.05) is 29.0 Å². The molecule has 180 valence electrons. The molecule has 35 heavy (non-hydrogen) atoms. The number of carbonyl (C=O) groups is 2. The van der Waals surface area contributed by atoms with Crippen LogP contribution in [0.3, 0.4) is 0 Å². The molecule has 1 atom stereocenters. The zero-order chi connectivity index (χ0) is 24.4. The molecule has 0 aliphatic carbocycles. The number of nitrogens with zero attached hydrogens (tertiary/aromatic N) is 4. The lowest BCUT2D eigenvalue weighted by Gasteiger charge is -2.17. The Bertz CT molecular complexity index is 1280. The Morgan fingerprint density at radius 2 is 2.00 bits per heavy atom. The lowest BCUT2D eigenvalue weighted by molar-refractivity contribution is -0.127. The smallest absolute Gasteiger partial charge is 0.319 e. The molecule has 5 rings (SSSR count). The third-order valence-corrected chi connectivity index (χ3v) is 6.34. The molecule has 4 N–H and O–H groups in total. The van der Waals surface area contributed by atoms with Crippen molar-refractivity contribution in [2.24, 2.45) is 0 Å². The minimum Gasteiger partial charge on any atom is -0.341 e. The summed E-state index contributed by atoms with van der Waals surface area (Å²) in [5, 5.41) is 12.8. The van der Waals surface area contributed by atoms with Gasteiger partial charge < -0.3 is 26.2 Å². The Balaban J connectivity index is 1.39. The second-order valence-electron chi connectivity index (χ2n) is 8.64. The molecule has 2 aromatic heterocycles. The fourth-order valence-corrected chi connectivity index (χ4v) is 4.40. The van der Waals surface area contributed by atoms with Crippen LogP contribution < -0.4 is 21.3 Å². The second-order valence-corrected chi connectivity index (χ2v) is 9.05. The number of aromatic nitrogens is 3. The molecule has 2 aliphatic heterocycles. The molecule has 3 amide bonds. The summed E-state index contributed by atoms with van der Waals surface area (Å²) >= 11 is 6.33. The largest absolute Gasteiger partial charge is 0.341 e. The number of urea groups is 1. The molecular weight excluding hydrogens is 468 g/mol. The average Bonchev–Trinajstić information content (AvgIpc) is 3.30. The minimum atomic E-state index is -0.295. The standard InChI is InChI=1S/C24H25ClN8O2/c1-14(34)33-7-6-18(13-33)30-24(35)31-21-5-4-17-9-16(21)3-2-15-8-19(11-26-10-15)29-23-27-12-20(25)22(28-17)32-23/h4-5,8-12,18H,2-3,6-7,13H2,1H3,(H2,30,31,35)(H2,27,28,29,32)/t18-/m0/s1. The SMILES string of the molecule is CC(=O)N1CC[C@H](NC(=O)Nc2ccc3cc2CCc2cncc(c2)Nc2ncc(Cl)c(n2)N3)C1. The van der Waals surface area contributed by atoms with E-state index >= 15 is 0 Å². The van der Waals surface area contributed by atoms with Crippen LogP contribution in [-0.2, 0) is 17.6 Å².